The van der Waals surface area contributed by atoms with Gasteiger partial charge in [-0.3, -0.25) is 19.4 Å². The van der Waals surface area contributed by atoms with Gasteiger partial charge in [-0.15, -0.1) is 0 Å². The van der Waals surface area contributed by atoms with Gasteiger partial charge in [-0.25, -0.2) is 0 Å². The van der Waals surface area contributed by atoms with Gasteiger partial charge in [-0.05, 0) is 42.0 Å². The van der Waals surface area contributed by atoms with Gasteiger partial charge in [0.15, 0.2) is 0 Å². The van der Waals surface area contributed by atoms with Crippen LogP contribution in [0, 0.1) is 0 Å². The smallest absolute Gasteiger partial charge is 0.305 e. The molecule has 0 atom stereocenters. The number of carboxylic acid groups (broad SMARTS) is 1. The van der Waals surface area contributed by atoms with E-state index in [0.717, 1.165) is 42.5 Å². The predicted octanol–water partition coefficient (Wildman–Crippen LogP) is 5.05. The van der Waals surface area contributed by atoms with Crippen LogP contribution in [-0.4, -0.2) is 77.1 Å². The molecule has 11 heteroatoms. The van der Waals surface area contributed by atoms with E-state index in [-0.39, 0.29) is 18.9 Å². The highest BCUT2D eigenvalue weighted by atomic mass is 35.5. The van der Waals surface area contributed by atoms with Crippen molar-refractivity contribution in [2.45, 2.75) is 6.42 Å². The summed E-state index contributed by atoms with van der Waals surface area (Å²) in [6.07, 6.45) is 1.55. The van der Waals surface area contributed by atoms with E-state index >= 15 is 0 Å². The predicted molar refractivity (Wildman–Crippen MR) is 147 cm³/mol. The number of carbonyl (C=O) groups is 2. The zero-order chi connectivity index (χ0) is 25.7. The number of ether oxygens (including phenoxy) is 2. The number of morpholine rings is 1. The maximum atomic E-state index is 13.0. The van der Waals surface area contributed by atoms with Gasteiger partial charge in [0, 0.05) is 47.4 Å². The molecule has 1 amide bonds. The van der Waals surface area contributed by atoms with E-state index in [4.69, 9.17) is 50.0 Å². The molecule has 2 aliphatic rings. The standard InChI is InChI=1S/C25H24Cl2N2O5S2/c26-18-2-3-20(27)19(15-18)16-1-4-21(34-12-9-28-7-10-33-11-8-28)17(13-16)14-22-24(32)29(25(35)36-22)6-5-23(30)31/h1-4,13-15H,5-12H2,(H,30,31). The molecule has 7 nitrogen and oxygen atoms in total. The second kappa shape index (κ2) is 12.4. The summed E-state index contributed by atoms with van der Waals surface area (Å²) in [5, 5.41) is 10.1. The monoisotopic (exact) mass is 566 g/mol. The average Bonchev–Trinajstić information content (AvgIpc) is 3.12. The van der Waals surface area contributed by atoms with Crippen LogP contribution >= 0.6 is 47.2 Å². The molecule has 0 aliphatic carbocycles. The first kappa shape index (κ1) is 26.9. The number of hydrogen-bond acceptors (Lipinski definition) is 7. The molecule has 0 radical (unpaired) electrons. The summed E-state index contributed by atoms with van der Waals surface area (Å²) in [5.41, 5.74) is 2.26. The van der Waals surface area contributed by atoms with Gasteiger partial charge in [-0.1, -0.05) is 53.2 Å². The molecule has 2 aliphatic heterocycles. The summed E-state index contributed by atoms with van der Waals surface area (Å²) >= 11 is 19.1. The Morgan fingerprint density at radius 3 is 2.69 bits per heavy atom. The number of amides is 1. The number of thioether (sulfide) groups is 1. The molecule has 2 heterocycles. The largest absolute Gasteiger partial charge is 0.492 e. The molecule has 0 saturated carbocycles. The Morgan fingerprint density at radius 1 is 1.17 bits per heavy atom. The molecule has 2 aromatic carbocycles. The Balaban J connectivity index is 1.62. The van der Waals surface area contributed by atoms with E-state index in [0.29, 0.717) is 50.4 Å². The maximum Gasteiger partial charge on any atom is 0.305 e. The number of carbonyl (C=O) groups excluding carboxylic acids is 1. The van der Waals surface area contributed by atoms with Crippen molar-refractivity contribution in [3.8, 4) is 16.9 Å². The highest BCUT2D eigenvalue weighted by Gasteiger charge is 2.32. The van der Waals surface area contributed by atoms with Crippen LogP contribution in [0.3, 0.4) is 0 Å². The molecule has 0 spiro atoms. The number of aliphatic carboxylic acids is 1. The highest BCUT2D eigenvalue weighted by Crippen LogP contribution is 2.37. The first-order valence-electron chi connectivity index (χ1n) is 11.3. The Kier molecular flexibility index (Phi) is 9.27. The van der Waals surface area contributed by atoms with Gasteiger partial charge in [0.1, 0.15) is 16.7 Å². The zero-order valence-corrected chi connectivity index (χ0v) is 22.4. The Bertz CT molecular complexity index is 1200. The van der Waals surface area contributed by atoms with Crippen LogP contribution in [-0.2, 0) is 14.3 Å². The Labute approximate surface area is 228 Å². The van der Waals surface area contributed by atoms with E-state index in [1.807, 2.05) is 18.2 Å². The molecule has 2 aromatic rings. The molecule has 2 saturated heterocycles. The van der Waals surface area contributed by atoms with Crippen molar-refractivity contribution in [3.05, 3.63) is 56.9 Å². The van der Waals surface area contributed by atoms with Crippen LogP contribution in [0.5, 0.6) is 5.75 Å². The van der Waals surface area contributed by atoms with Crippen LogP contribution < -0.4 is 4.74 Å². The Morgan fingerprint density at radius 2 is 1.94 bits per heavy atom. The van der Waals surface area contributed by atoms with E-state index in [1.165, 1.54) is 4.90 Å². The van der Waals surface area contributed by atoms with Crippen molar-refractivity contribution in [2.24, 2.45) is 0 Å². The molecule has 0 unspecified atom stereocenters. The molecule has 1 N–H and O–H groups in total. The van der Waals surface area contributed by atoms with Gasteiger partial charge in [-0.2, -0.15) is 0 Å². The van der Waals surface area contributed by atoms with Gasteiger partial charge < -0.3 is 14.6 Å². The summed E-state index contributed by atoms with van der Waals surface area (Å²) in [4.78, 5) is 27.9. The molecular formula is C25H24Cl2N2O5S2. The quantitative estimate of drug-likeness (QED) is 0.334. The van der Waals surface area contributed by atoms with Crippen LogP contribution in [0.2, 0.25) is 10.0 Å². The third kappa shape index (κ3) is 6.79. The fraction of sp³-hybridized carbons (Fsp3) is 0.320. The van der Waals surface area contributed by atoms with E-state index in [9.17, 15) is 9.59 Å². The van der Waals surface area contributed by atoms with E-state index in [2.05, 4.69) is 4.90 Å². The number of rotatable bonds is 9. The van der Waals surface area contributed by atoms with Gasteiger partial charge in [0.25, 0.3) is 5.91 Å². The van der Waals surface area contributed by atoms with Crippen molar-refractivity contribution in [3.63, 3.8) is 0 Å². The molecular weight excluding hydrogens is 543 g/mol. The lowest BCUT2D eigenvalue weighted by Gasteiger charge is -2.26. The molecule has 2 fully saturated rings. The highest BCUT2D eigenvalue weighted by molar-refractivity contribution is 8.26. The third-order valence-corrected chi connectivity index (χ3v) is 7.67. The van der Waals surface area contributed by atoms with Crippen molar-refractivity contribution >= 4 is 69.5 Å². The van der Waals surface area contributed by atoms with Crippen molar-refractivity contribution in [1.82, 2.24) is 9.80 Å². The molecule has 0 bridgehead atoms. The van der Waals surface area contributed by atoms with Crippen molar-refractivity contribution in [1.29, 1.82) is 0 Å². The summed E-state index contributed by atoms with van der Waals surface area (Å²) in [6.45, 7) is 4.40. The lowest BCUT2D eigenvalue weighted by atomic mass is 10.0. The normalized spacial score (nSPS) is 17.7. The van der Waals surface area contributed by atoms with Gasteiger partial charge in [0.2, 0.25) is 0 Å². The fourth-order valence-electron chi connectivity index (χ4n) is 3.83. The number of thiocarbonyl (C=S) groups is 1. The van der Waals surface area contributed by atoms with Crippen molar-refractivity contribution in [2.75, 3.05) is 46.0 Å². The van der Waals surface area contributed by atoms with E-state index in [1.54, 1.807) is 24.3 Å². The lowest BCUT2D eigenvalue weighted by molar-refractivity contribution is -0.137. The number of carboxylic acids is 1. The third-order valence-electron chi connectivity index (χ3n) is 5.73. The van der Waals surface area contributed by atoms with Crippen LogP contribution in [0.15, 0.2) is 41.3 Å². The van der Waals surface area contributed by atoms with Crippen LogP contribution in [0.1, 0.15) is 12.0 Å². The van der Waals surface area contributed by atoms with E-state index < -0.39 is 5.97 Å². The average molecular weight is 568 g/mol. The van der Waals surface area contributed by atoms with Gasteiger partial charge in [0.05, 0.1) is 24.5 Å². The molecule has 190 valence electrons. The van der Waals surface area contributed by atoms with Crippen LogP contribution in [0.4, 0.5) is 0 Å². The molecule has 0 aromatic heterocycles. The topological polar surface area (TPSA) is 79.3 Å². The van der Waals surface area contributed by atoms with Crippen molar-refractivity contribution < 1.29 is 24.2 Å². The molecule has 36 heavy (non-hydrogen) atoms. The number of halogens is 2. The van der Waals surface area contributed by atoms with Gasteiger partial charge >= 0.3 is 5.97 Å². The minimum atomic E-state index is -0.991. The first-order valence-corrected chi connectivity index (χ1v) is 13.3. The summed E-state index contributed by atoms with van der Waals surface area (Å²) in [7, 11) is 0. The van der Waals surface area contributed by atoms with Crippen LogP contribution in [0.25, 0.3) is 17.2 Å². The maximum absolute atomic E-state index is 13.0. The summed E-state index contributed by atoms with van der Waals surface area (Å²) < 4.78 is 11.9. The Hall–Kier alpha value is -2.14. The SMILES string of the molecule is O=C(O)CCN1C(=O)C(=Cc2cc(-c3cc(Cl)ccc3Cl)ccc2OCCN2CCOCC2)SC1=S. The first-order chi connectivity index (χ1) is 17.3. The molecule has 4 rings (SSSR count). The lowest BCUT2D eigenvalue weighted by Crippen LogP contribution is -2.38. The number of benzene rings is 2. The second-order valence-electron chi connectivity index (χ2n) is 8.16. The number of hydrogen-bond donors (Lipinski definition) is 1. The fourth-order valence-corrected chi connectivity index (χ4v) is 5.53. The summed E-state index contributed by atoms with van der Waals surface area (Å²) in [5.74, 6) is -0.701. The second-order valence-corrected chi connectivity index (χ2v) is 10.7. The minimum Gasteiger partial charge on any atom is -0.492 e. The zero-order valence-electron chi connectivity index (χ0n) is 19.2. The summed E-state index contributed by atoms with van der Waals surface area (Å²) in [6, 6.07) is 10.9. The number of nitrogens with zero attached hydrogens (tertiary/aromatic N) is 2. The minimum absolute atomic E-state index is 0.0262.